The van der Waals surface area contributed by atoms with E-state index in [1.54, 1.807) is 19.1 Å². The van der Waals surface area contributed by atoms with Gasteiger partial charge in [-0.25, -0.2) is 17.2 Å². The standard InChI is InChI=1S/C13H9BrClF2NO2S/c1-7-3-2-4-10(15)12(7)18-21(19,20)13-9(14)5-8(16)6-11(13)17/h2-6,18H,1H3. The van der Waals surface area contributed by atoms with Crippen LogP contribution < -0.4 is 4.72 Å². The fraction of sp³-hybridized carbons (Fsp3) is 0.0769. The fourth-order valence-corrected chi connectivity index (χ4v) is 4.38. The highest BCUT2D eigenvalue weighted by Crippen LogP contribution is 2.31. The predicted molar refractivity (Wildman–Crippen MR) is 81.1 cm³/mol. The minimum Gasteiger partial charge on any atom is -0.278 e. The van der Waals surface area contributed by atoms with Crippen molar-refractivity contribution in [2.75, 3.05) is 4.72 Å². The minimum absolute atomic E-state index is 0.148. The van der Waals surface area contributed by atoms with Gasteiger partial charge in [0.25, 0.3) is 10.0 Å². The molecule has 0 saturated carbocycles. The normalized spacial score (nSPS) is 11.5. The van der Waals surface area contributed by atoms with E-state index in [9.17, 15) is 17.2 Å². The Kier molecular flexibility index (Phi) is 4.55. The van der Waals surface area contributed by atoms with E-state index in [0.29, 0.717) is 11.6 Å². The van der Waals surface area contributed by atoms with Crippen LogP contribution in [0.25, 0.3) is 0 Å². The van der Waals surface area contributed by atoms with Gasteiger partial charge in [0, 0.05) is 10.5 Å². The second-order valence-corrected chi connectivity index (χ2v) is 7.12. The van der Waals surface area contributed by atoms with Gasteiger partial charge in [0.15, 0.2) is 0 Å². The average molecular weight is 397 g/mol. The van der Waals surface area contributed by atoms with Crippen LogP contribution in [-0.4, -0.2) is 8.42 Å². The lowest BCUT2D eigenvalue weighted by atomic mass is 10.2. The first-order chi connectivity index (χ1) is 9.72. The molecular formula is C13H9BrClF2NO2S. The van der Waals surface area contributed by atoms with E-state index in [4.69, 9.17) is 11.6 Å². The van der Waals surface area contributed by atoms with Crippen molar-refractivity contribution < 1.29 is 17.2 Å². The van der Waals surface area contributed by atoms with Crippen LogP contribution in [-0.2, 0) is 10.0 Å². The van der Waals surface area contributed by atoms with Gasteiger partial charge in [-0.2, -0.15) is 0 Å². The molecule has 0 radical (unpaired) electrons. The van der Waals surface area contributed by atoms with Crippen LogP contribution in [0.4, 0.5) is 14.5 Å². The Balaban J connectivity index is 2.54. The Morgan fingerprint density at radius 2 is 1.90 bits per heavy atom. The van der Waals surface area contributed by atoms with E-state index in [-0.39, 0.29) is 15.2 Å². The first kappa shape index (κ1) is 16.2. The fourth-order valence-electron chi connectivity index (χ4n) is 1.73. The number of hydrogen-bond acceptors (Lipinski definition) is 2. The van der Waals surface area contributed by atoms with Gasteiger partial charge >= 0.3 is 0 Å². The molecule has 0 heterocycles. The summed E-state index contributed by atoms with van der Waals surface area (Å²) in [6.07, 6.45) is 0. The molecule has 0 aromatic heterocycles. The number of rotatable bonds is 3. The lowest BCUT2D eigenvalue weighted by Crippen LogP contribution is -2.16. The molecule has 2 aromatic rings. The molecule has 0 aliphatic rings. The Bertz CT molecular complexity index is 769. The van der Waals surface area contributed by atoms with Crippen LogP contribution in [0, 0.1) is 18.6 Å². The van der Waals surface area contributed by atoms with Crippen molar-refractivity contribution in [1.29, 1.82) is 0 Å². The molecule has 3 nitrogen and oxygen atoms in total. The minimum atomic E-state index is -4.26. The number of para-hydroxylation sites is 1. The van der Waals surface area contributed by atoms with E-state index in [1.807, 2.05) is 0 Å². The second kappa shape index (κ2) is 5.90. The number of sulfonamides is 1. The average Bonchev–Trinajstić information content (AvgIpc) is 2.32. The van der Waals surface area contributed by atoms with Crippen LogP contribution in [0.1, 0.15) is 5.56 Å². The first-order valence-electron chi connectivity index (χ1n) is 5.65. The molecule has 8 heteroatoms. The van der Waals surface area contributed by atoms with Crippen LogP contribution >= 0.6 is 27.5 Å². The Labute approximate surface area is 134 Å². The van der Waals surface area contributed by atoms with Crippen LogP contribution in [0.2, 0.25) is 5.02 Å². The number of anilines is 1. The van der Waals surface area contributed by atoms with Crippen molar-refractivity contribution in [2.45, 2.75) is 11.8 Å². The second-order valence-electron chi connectivity index (χ2n) is 4.24. The van der Waals surface area contributed by atoms with Gasteiger partial charge in [-0.15, -0.1) is 0 Å². The highest BCUT2D eigenvalue weighted by molar-refractivity contribution is 9.10. The predicted octanol–water partition coefficient (Wildman–Crippen LogP) is 4.49. The smallest absolute Gasteiger partial charge is 0.266 e. The highest BCUT2D eigenvalue weighted by atomic mass is 79.9. The third kappa shape index (κ3) is 3.36. The summed E-state index contributed by atoms with van der Waals surface area (Å²) in [5, 5.41) is 0.178. The van der Waals surface area contributed by atoms with Crippen molar-refractivity contribution in [2.24, 2.45) is 0 Å². The van der Waals surface area contributed by atoms with Crippen molar-refractivity contribution in [3.8, 4) is 0 Å². The largest absolute Gasteiger partial charge is 0.278 e. The van der Waals surface area contributed by atoms with E-state index >= 15 is 0 Å². The Morgan fingerprint density at radius 3 is 2.48 bits per heavy atom. The molecule has 0 bridgehead atoms. The SMILES string of the molecule is Cc1cccc(Cl)c1NS(=O)(=O)c1c(F)cc(F)cc1Br. The third-order valence-electron chi connectivity index (χ3n) is 2.69. The molecule has 112 valence electrons. The van der Waals surface area contributed by atoms with Crippen LogP contribution in [0.3, 0.4) is 0 Å². The Morgan fingerprint density at radius 1 is 1.24 bits per heavy atom. The van der Waals surface area contributed by atoms with Crippen molar-refractivity contribution >= 4 is 43.2 Å². The lowest BCUT2D eigenvalue weighted by molar-refractivity contribution is 0.548. The Hall–Kier alpha value is -1.18. The zero-order valence-electron chi connectivity index (χ0n) is 10.6. The van der Waals surface area contributed by atoms with Crippen LogP contribution in [0.15, 0.2) is 39.7 Å². The molecular weight excluding hydrogens is 388 g/mol. The maximum Gasteiger partial charge on any atom is 0.266 e. The number of halogens is 4. The topological polar surface area (TPSA) is 46.2 Å². The summed E-state index contributed by atoms with van der Waals surface area (Å²) < 4.78 is 53.4. The molecule has 2 aromatic carbocycles. The molecule has 0 aliphatic carbocycles. The number of benzene rings is 2. The van der Waals surface area contributed by atoms with Crippen LogP contribution in [0.5, 0.6) is 0 Å². The van der Waals surface area contributed by atoms with Gasteiger partial charge in [-0.1, -0.05) is 23.7 Å². The van der Waals surface area contributed by atoms with E-state index in [2.05, 4.69) is 20.7 Å². The molecule has 0 spiro atoms. The molecule has 21 heavy (non-hydrogen) atoms. The van der Waals surface area contributed by atoms with Crippen molar-refractivity contribution in [3.63, 3.8) is 0 Å². The molecule has 0 fully saturated rings. The van der Waals surface area contributed by atoms with Crippen molar-refractivity contribution in [3.05, 3.63) is 57.0 Å². The summed E-state index contributed by atoms with van der Waals surface area (Å²) in [6, 6.07) is 6.18. The van der Waals surface area contributed by atoms with E-state index < -0.39 is 26.6 Å². The van der Waals surface area contributed by atoms with Gasteiger partial charge in [0.1, 0.15) is 16.5 Å². The highest BCUT2D eigenvalue weighted by Gasteiger charge is 2.25. The van der Waals surface area contributed by atoms with Gasteiger partial charge in [0.05, 0.1) is 10.7 Å². The third-order valence-corrected chi connectivity index (χ3v) is 5.32. The monoisotopic (exact) mass is 395 g/mol. The quantitative estimate of drug-likeness (QED) is 0.831. The summed E-state index contributed by atoms with van der Waals surface area (Å²) in [6.45, 7) is 1.65. The number of nitrogens with one attached hydrogen (secondary N) is 1. The zero-order chi connectivity index (χ0) is 15.8. The molecule has 0 aliphatic heterocycles. The summed E-state index contributed by atoms with van der Waals surface area (Å²) in [4.78, 5) is -0.678. The van der Waals surface area contributed by atoms with Gasteiger partial charge in [-0.05, 0) is 40.5 Å². The molecule has 1 N–H and O–H groups in total. The van der Waals surface area contributed by atoms with Gasteiger partial charge < -0.3 is 0 Å². The lowest BCUT2D eigenvalue weighted by Gasteiger charge is -2.13. The molecule has 0 amide bonds. The van der Waals surface area contributed by atoms with Crippen molar-refractivity contribution in [1.82, 2.24) is 0 Å². The number of hydrogen-bond donors (Lipinski definition) is 1. The number of aryl methyl sites for hydroxylation is 1. The van der Waals surface area contributed by atoms with E-state index in [1.165, 1.54) is 6.07 Å². The van der Waals surface area contributed by atoms with E-state index in [0.717, 1.165) is 6.07 Å². The maximum atomic E-state index is 13.8. The van der Waals surface area contributed by atoms with Gasteiger partial charge in [0.2, 0.25) is 0 Å². The summed E-state index contributed by atoms with van der Waals surface area (Å²) in [5.74, 6) is -2.08. The maximum absolute atomic E-state index is 13.8. The molecule has 0 unspecified atom stereocenters. The molecule has 2 rings (SSSR count). The molecule has 0 atom stereocenters. The first-order valence-corrected chi connectivity index (χ1v) is 8.30. The summed E-state index contributed by atoms with van der Waals surface area (Å²) in [7, 11) is -4.26. The zero-order valence-corrected chi connectivity index (χ0v) is 13.8. The summed E-state index contributed by atoms with van der Waals surface area (Å²) in [5.41, 5.74) is 0.722. The van der Waals surface area contributed by atoms with Gasteiger partial charge in [-0.3, -0.25) is 4.72 Å². The molecule has 0 saturated heterocycles. The summed E-state index contributed by atoms with van der Waals surface area (Å²) >= 11 is 8.79.